The molecule has 0 fully saturated rings. The zero-order valence-corrected chi connectivity index (χ0v) is 10.9. The molecule has 1 aromatic carbocycles. The number of aliphatic hydroxyl groups is 1. The number of hydrogen-bond donors (Lipinski definition) is 2. The fourth-order valence-corrected chi connectivity index (χ4v) is 2.25. The van der Waals surface area contributed by atoms with Crippen molar-refractivity contribution in [3.8, 4) is 0 Å². The van der Waals surface area contributed by atoms with Crippen molar-refractivity contribution in [1.29, 1.82) is 0 Å². The minimum absolute atomic E-state index is 0.00565. The van der Waals surface area contributed by atoms with Crippen molar-refractivity contribution < 1.29 is 9.90 Å². The molecular weight excluding hydrogens is 228 g/mol. The van der Waals surface area contributed by atoms with Crippen LogP contribution in [0.1, 0.15) is 31.4 Å². The predicted octanol–water partition coefficient (Wildman–Crippen LogP) is 1.45. The summed E-state index contributed by atoms with van der Waals surface area (Å²) in [6, 6.07) is 7.91. The van der Waals surface area contributed by atoms with E-state index in [2.05, 4.69) is 5.32 Å². The first-order valence-corrected chi connectivity index (χ1v) is 6.40. The molecule has 98 valence electrons. The molecule has 0 spiro atoms. The smallest absolute Gasteiger partial charge is 0.228 e. The van der Waals surface area contributed by atoms with Gasteiger partial charge in [-0.3, -0.25) is 4.79 Å². The predicted molar refractivity (Wildman–Crippen MR) is 71.5 cm³/mol. The molecule has 0 saturated heterocycles. The Bertz CT molecular complexity index is 434. The summed E-state index contributed by atoms with van der Waals surface area (Å²) in [7, 11) is 1.80. The van der Waals surface area contributed by atoms with Gasteiger partial charge in [0, 0.05) is 31.7 Å². The van der Waals surface area contributed by atoms with Gasteiger partial charge < -0.3 is 15.3 Å². The highest BCUT2D eigenvalue weighted by molar-refractivity contribution is 5.96. The Morgan fingerprint density at radius 2 is 2.22 bits per heavy atom. The third-order valence-electron chi connectivity index (χ3n) is 3.50. The minimum atomic E-state index is -0.355. The van der Waals surface area contributed by atoms with Crippen molar-refractivity contribution in [2.45, 2.75) is 31.9 Å². The summed E-state index contributed by atoms with van der Waals surface area (Å²) in [6.45, 7) is 2.46. The fraction of sp³-hybridized carbons (Fsp3) is 0.500. The number of hydrogen-bond acceptors (Lipinski definition) is 3. The van der Waals surface area contributed by atoms with E-state index in [1.165, 1.54) is 0 Å². The maximum atomic E-state index is 11.9. The van der Waals surface area contributed by atoms with Crippen molar-refractivity contribution in [2.75, 3.05) is 18.5 Å². The summed E-state index contributed by atoms with van der Waals surface area (Å²) in [5, 5.41) is 12.9. The van der Waals surface area contributed by atoms with Crippen molar-refractivity contribution in [3.05, 3.63) is 29.8 Å². The third kappa shape index (κ3) is 2.54. The van der Waals surface area contributed by atoms with Gasteiger partial charge in [-0.1, -0.05) is 25.1 Å². The maximum Gasteiger partial charge on any atom is 0.228 e. The van der Waals surface area contributed by atoms with Crippen LogP contribution in [0.25, 0.3) is 0 Å². The number of nitrogens with zero attached hydrogens (tertiary/aromatic N) is 1. The first-order chi connectivity index (χ1) is 8.63. The van der Waals surface area contributed by atoms with Gasteiger partial charge in [-0.05, 0) is 18.1 Å². The lowest BCUT2D eigenvalue weighted by atomic mass is 9.96. The highest BCUT2D eigenvalue weighted by Crippen LogP contribution is 2.33. The van der Waals surface area contributed by atoms with E-state index in [1.54, 1.807) is 11.9 Å². The molecule has 0 bridgehead atoms. The molecule has 0 radical (unpaired) electrons. The van der Waals surface area contributed by atoms with Crippen LogP contribution in [0.4, 0.5) is 5.69 Å². The van der Waals surface area contributed by atoms with Gasteiger partial charge in [0.25, 0.3) is 0 Å². The quantitative estimate of drug-likeness (QED) is 0.848. The first kappa shape index (κ1) is 13.1. The van der Waals surface area contributed by atoms with Gasteiger partial charge in [0.1, 0.15) is 0 Å². The summed E-state index contributed by atoms with van der Waals surface area (Å²) in [5.41, 5.74) is 2.08. The van der Waals surface area contributed by atoms with E-state index in [0.29, 0.717) is 13.0 Å². The minimum Gasteiger partial charge on any atom is -0.392 e. The summed E-state index contributed by atoms with van der Waals surface area (Å²) >= 11 is 0. The number of carbonyl (C=O) groups is 1. The molecule has 1 aromatic rings. The molecule has 2 unspecified atom stereocenters. The zero-order chi connectivity index (χ0) is 13.1. The van der Waals surface area contributed by atoms with Gasteiger partial charge >= 0.3 is 0 Å². The number of amides is 1. The molecule has 2 atom stereocenters. The molecule has 0 aliphatic carbocycles. The monoisotopic (exact) mass is 248 g/mol. The average Bonchev–Trinajstić information content (AvgIpc) is 2.41. The van der Waals surface area contributed by atoms with Crippen LogP contribution in [-0.2, 0) is 4.79 Å². The fourth-order valence-electron chi connectivity index (χ4n) is 2.25. The number of aliphatic hydroxyl groups excluding tert-OH is 1. The molecule has 1 heterocycles. The number of rotatable bonds is 4. The summed E-state index contributed by atoms with van der Waals surface area (Å²) in [4.78, 5) is 13.6. The topological polar surface area (TPSA) is 52.6 Å². The van der Waals surface area contributed by atoms with Gasteiger partial charge in [-0.15, -0.1) is 0 Å². The lowest BCUT2D eigenvalue weighted by molar-refractivity contribution is -0.119. The van der Waals surface area contributed by atoms with Crippen molar-refractivity contribution in [2.24, 2.45) is 0 Å². The van der Waals surface area contributed by atoms with E-state index < -0.39 is 0 Å². The lowest BCUT2D eigenvalue weighted by Gasteiger charge is -2.32. The van der Waals surface area contributed by atoms with E-state index in [4.69, 9.17) is 0 Å². The van der Waals surface area contributed by atoms with Crippen LogP contribution < -0.4 is 10.2 Å². The highest BCUT2D eigenvalue weighted by atomic mass is 16.3. The number of carbonyl (C=O) groups excluding carboxylic acids is 1. The van der Waals surface area contributed by atoms with Crippen LogP contribution in [0, 0.1) is 0 Å². The van der Waals surface area contributed by atoms with Crippen LogP contribution in [0.5, 0.6) is 0 Å². The number of para-hydroxylation sites is 1. The molecule has 2 N–H and O–H groups in total. The van der Waals surface area contributed by atoms with Gasteiger partial charge in [-0.2, -0.15) is 0 Å². The molecular formula is C14H20N2O2. The first-order valence-electron chi connectivity index (χ1n) is 6.40. The Morgan fingerprint density at radius 3 is 2.94 bits per heavy atom. The summed E-state index contributed by atoms with van der Waals surface area (Å²) in [6.07, 6.45) is 0.811. The second kappa shape index (κ2) is 5.50. The zero-order valence-electron chi connectivity index (χ0n) is 10.9. The van der Waals surface area contributed by atoms with E-state index in [9.17, 15) is 9.90 Å². The van der Waals surface area contributed by atoms with Crippen molar-refractivity contribution >= 4 is 11.6 Å². The van der Waals surface area contributed by atoms with E-state index in [1.807, 2.05) is 31.2 Å². The molecule has 1 amide bonds. The van der Waals surface area contributed by atoms with E-state index in [-0.39, 0.29) is 18.1 Å². The Balaban J connectivity index is 2.17. The normalized spacial score (nSPS) is 20.7. The molecule has 2 rings (SSSR count). The van der Waals surface area contributed by atoms with Crippen LogP contribution in [0.3, 0.4) is 0 Å². The second-order valence-electron chi connectivity index (χ2n) is 4.74. The van der Waals surface area contributed by atoms with Gasteiger partial charge in [-0.25, -0.2) is 0 Å². The van der Waals surface area contributed by atoms with Crippen molar-refractivity contribution in [3.63, 3.8) is 0 Å². The maximum absolute atomic E-state index is 11.9. The summed E-state index contributed by atoms with van der Waals surface area (Å²) < 4.78 is 0. The Morgan fingerprint density at radius 1 is 1.50 bits per heavy atom. The number of fused-ring (bicyclic) bond motifs is 1. The van der Waals surface area contributed by atoms with E-state index >= 15 is 0 Å². The Hall–Kier alpha value is -1.39. The largest absolute Gasteiger partial charge is 0.392 e. The summed E-state index contributed by atoms with van der Waals surface area (Å²) in [5.74, 6) is 0.109. The molecule has 4 heteroatoms. The van der Waals surface area contributed by atoms with Crippen LogP contribution in [0.2, 0.25) is 0 Å². The van der Waals surface area contributed by atoms with Gasteiger partial charge in [0.15, 0.2) is 0 Å². The molecule has 18 heavy (non-hydrogen) atoms. The van der Waals surface area contributed by atoms with Crippen LogP contribution >= 0.6 is 0 Å². The standard InChI is InChI=1S/C14H20N2O2/c1-3-10(17)9-15-12-8-14(18)16(2)13-7-5-4-6-11(12)13/h4-7,10,12,15,17H,3,8-9H2,1-2H3. The van der Waals surface area contributed by atoms with Crippen LogP contribution in [-0.4, -0.2) is 30.7 Å². The number of anilines is 1. The number of nitrogens with one attached hydrogen (secondary N) is 1. The second-order valence-corrected chi connectivity index (χ2v) is 4.74. The van der Waals surface area contributed by atoms with Gasteiger partial charge in [0.2, 0.25) is 5.91 Å². The average molecular weight is 248 g/mol. The molecule has 0 aromatic heterocycles. The Labute approximate surface area is 108 Å². The third-order valence-corrected chi connectivity index (χ3v) is 3.50. The lowest BCUT2D eigenvalue weighted by Crippen LogP contribution is -2.39. The SMILES string of the molecule is CCC(O)CNC1CC(=O)N(C)c2ccccc21. The highest BCUT2D eigenvalue weighted by Gasteiger charge is 2.28. The van der Waals surface area contributed by atoms with Crippen LogP contribution in [0.15, 0.2) is 24.3 Å². The van der Waals surface area contributed by atoms with Crippen molar-refractivity contribution in [1.82, 2.24) is 5.32 Å². The van der Waals surface area contributed by atoms with Gasteiger partial charge in [0.05, 0.1) is 6.10 Å². The molecule has 1 aliphatic rings. The molecule has 1 aliphatic heterocycles. The Kier molecular flexibility index (Phi) is 3.99. The number of benzene rings is 1. The van der Waals surface area contributed by atoms with E-state index in [0.717, 1.165) is 17.7 Å². The molecule has 0 saturated carbocycles. The molecule has 4 nitrogen and oxygen atoms in total.